The average Bonchev–Trinajstić information content (AvgIpc) is 2.25. The number of nitrogens with two attached hydrogens (primary N) is 4. The van der Waals surface area contributed by atoms with Gasteiger partial charge in [-0.3, -0.25) is 0 Å². The number of nitrogens with zero attached hydrogens (tertiary/aromatic N) is 2. The molecule has 0 spiro atoms. The van der Waals surface area contributed by atoms with Crippen LogP contribution in [0, 0.1) is 0 Å². The minimum atomic E-state index is -3.86. The molecular formula is C6H24N7O2P3. The first-order valence-corrected chi connectivity index (χ1v) is 10.7. The van der Waals surface area contributed by atoms with Gasteiger partial charge in [-0.15, -0.1) is 0 Å². The molecule has 12 heteroatoms. The van der Waals surface area contributed by atoms with E-state index >= 15 is 0 Å². The molecule has 0 aromatic carbocycles. The van der Waals surface area contributed by atoms with Crippen LogP contribution in [0.1, 0.15) is 26.7 Å². The Morgan fingerprint density at radius 3 is 2.44 bits per heavy atom. The summed E-state index contributed by atoms with van der Waals surface area (Å²) in [4.78, 5) is 8.44. The Bertz CT molecular complexity index is 346. The Kier molecular flexibility index (Phi) is 5.64. The Labute approximate surface area is 110 Å². The first kappa shape index (κ1) is 16.8. The standard InChI is InChI=1S/C6H24N7O2P3/c1-3-5-14-13-17(7,8)11-16-12-18(13,9,10)15-6-4-2/h12,16H,3-10H2,1-2H3. The van der Waals surface area contributed by atoms with Crippen LogP contribution in [0.2, 0.25) is 0 Å². The minimum absolute atomic E-state index is 0.0864. The Morgan fingerprint density at radius 2 is 1.89 bits per heavy atom. The van der Waals surface area contributed by atoms with Gasteiger partial charge in [0.15, 0.2) is 0 Å². The van der Waals surface area contributed by atoms with Crippen LogP contribution in [-0.2, 0) is 9.36 Å². The summed E-state index contributed by atoms with van der Waals surface area (Å²) < 4.78 is 11.0. The fourth-order valence-electron chi connectivity index (χ4n) is 1.33. The molecule has 0 aromatic rings. The van der Waals surface area contributed by atoms with Crippen molar-refractivity contribution >= 4 is 23.8 Å². The molecule has 1 unspecified atom stereocenters. The van der Waals surface area contributed by atoms with Gasteiger partial charge in [0.2, 0.25) is 0 Å². The Hall–Kier alpha value is 0.770. The van der Waals surface area contributed by atoms with Crippen LogP contribution in [0.25, 0.3) is 0 Å². The summed E-state index contributed by atoms with van der Waals surface area (Å²) in [6.45, 7) is 4.71. The summed E-state index contributed by atoms with van der Waals surface area (Å²) in [7, 11) is -6.78. The third kappa shape index (κ3) is 3.66. The van der Waals surface area contributed by atoms with Crippen molar-refractivity contribution in [1.29, 1.82) is 0 Å². The monoisotopic (exact) mass is 319 g/mol. The van der Waals surface area contributed by atoms with Crippen molar-refractivity contribution in [2.75, 3.05) is 13.2 Å². The van der Waals surface area contributed by atoms with E-state index in [1.54, 1.807) is 0 Å². The van der Waals surface area contributed by atoms with Crippen LogP contribution >= 0.6 is 23.8 Å². The van der Waals surface area contributed by atoms with Crippen LogP contribution in [0.15, 0.2) is 4.52 Å². The quantitative estimate of drug-likeness (QED) is 0.456. The first-order chi connectivity index (χ1) is 8.25. The summed E-state index contributed by atoms with van der Waals surface area (Å²) in [5.41, 5.74) is 24.4. The van der Waals surface area contributed by atoms with E-state index in [1.807, 2.05) is 13.8 Å². The molecule has 0 fully saturated rings. The molecule has 1 heterocycles. The van der Waals surface area contributed by atoms with E-state index in [4.69, 9.17) is 31.4 Å². The third-order valence-electron chi connectivity index (χ3n) is 2.09. The number of nitrogens with one attached hydrogen (secondary N) is 1. The van der Waals surface area contributed by atoms with Gasteiger partial charge >= 0.3 is 109 Å². The van der Waals surface area contributed by atoms with E-state index in [0.717, 1.165) is 12.8 Å². The van der Waals surface area contributed by atoms with Gasteiger partial charge in [-0.2, -0.15) is 0 Å². The zero-order valence-electron chi connectivity index (χ0n) is 10.7. The van der Waals surface area contributed by atoms with E-state index in [1.165, 1.54) is 4.60 Å². The van der Waals surface area contributed by atoms with Gasteiger partial charge in [0.25, 0.3) is 0 Å². The molecule has 0 bridgehead atoms. The molecule has 0 radical (unpaired) electrons. The van der Waals surface area contributed by atoms with Gasteiger partial charge in [0.1, 0.15) is 0 Å². The van der Waals surface area contributed by atoms with Crippen LogP contribution in [-0.4, -0.2) is 17.8 Å². The average molecular weight is 319 g/mol. The molecule has 0 saturated heterocycles. The van der Waals surface area contributed by atoms with Crippen molar-refractivity contribution in [3.63, 3.8) is 0 Å². The fraction of sp³-hybridized carbons (Fsp3) is 1.00. The van der Waals surface area contributed by atoms with Crippen molar-refractivity contribution in [2.24, 2.45) is 26.5 Å². The van der Waals surface area contributed by atoms with Crippen LogP contribution in [0.3, 0.4) is 0 Å². The van der Waals surface area contributed by atoms with Gasteiger partial charge in [-0.05, 0) is 0 Å². The molecular weight excluding hydrogens is 295 g/mol. The zero-order chi connectivity index (χ0) is 13.9. The molecule has 0 amide bonds. The molecule has 0 aliphatic carbocycles. The fourth-order valence-corrected chi connectivity index (χ4v) is 8.80. The van der Waals surface area contributed by atoms with Crippen molar-refractivity contribution in [1.82, 2.24) is 9.46 Å². The molecule has 1 atom stereocenters. The predicted molar refractivity (Wildman–Crippen MR) is 78.8 cm³/mol. The van der Waals surface area contributed by atoms with E-state index < -0.39 is 14.9 Å². The van der Waals surface area contributed by atoms with Crippen molar-refractivity contribution in [2.45, 2.75) is 26.7 Å². The number of hydrogen-bond donors (Lipinski definition) is 5. The summed E-state index contributed by atoms with van der Waals surface area (Å²) in [5, 5.41) is 0. The predicted octanol–water partition coefficient (Wildman–Crippen LogP) is 1.08. The second-order valence-electron chi connectivity index (χ2n) is 4.07. The molecule has 110 valence electrons. The van der Waals surface area contributed by atoms with Crippen LogP contribution in [0.5, 0.6) is 0 Å². The summed E-state index contributed by atoms with van der Waals surface area (Å²) >= 11 is 0. The van der Waals surface area contributed by atoms with Gasteiger partial charge in [0.05, 0.1) is 0 Å². The molecule has 0 saturated carbocycles. The summed E-state index contributed by atoms with van der Waals surface area (Å²) in [6.07, 6.45) is 1.55. The second kappa shape index (κ2) is 6.04. The van der Waals surface area contributed by atoms with Gasteiger partial charge in [-0.25, -0.2) is 0 Å². The summed E-state index contributed by atoms with van der Waals surface area (Å²) in [5.74, 6) is 0. The molecule has 1 aliphatic heterocycles. The van der Waals surface area contributed by atoms with E-state index in [9.17, 15) is 0 Å². The summed E-state index contributed by atoms with van der Waals surface area (Å²) in [6, 6.07) is 0. The Balaban J connectivity index is 3.04. The maximum atomic E-state index is 6.24. The molecule has 18 heavy (non-hydrogen) atoms. The molecule has 1 aliphatic rings. The maximum absolute atomic E-state index is 6.24. The van der Waals surface area contributed by atoms with E-state index in [-0.39, 0.29) is 8.88 Å². The van der Waals surface area contributed by atoms with Gasteiger partial charge < -0.3 is 0 Å². The van der Waals surface area contributed by atoms with Gasteiger partial charge in [0, 0.05) is 0 Å². The number of rotatable bonds is 6. The molecule has 9 nitrogen and oxygen atoms in total. The molecule has 1 rings (SSSR count). The molecule has 0 aromatic heterocycles. The molecule has 9 N–H and O–H groups in total. The van der Waals surface area contributed by atoms with E-state index in [0.29, 0.717) is 13.2 Å². The van der Waals surface area contributed by atoms with E-state index in [2.05, 4.69) is 9.37 Å². The van der Waals surface area contributed by atoms with Crippen LogP contribution < -0.4 is 26.9 Å². The first-order valence-electron chi connectivity index (χ1n) is 5.69. The van der Waals surface area contributed by atoms with Crippen LogP contribution in [0.4, 0.5) is 0 Å². The normalized spacial score (nSPS) is 29.3. The zero-order valence-corrected chi connectivity index (χ0v) is 13.5. The topological polar surface area (TPSA) is 150 Å². The van der Waals surface area contributed by atoms with Crippen molar-refractivity contribution < 1.29 is 9.36 Å². The van der Waals surface area contributed by atoms with Gasteiger partial charge in [-0.1, -0.05) is 0 Å². The third-order valence-corrected chi connectivity index (χ3v) is 10.1. The second-order valence-corrected chi connectivity index (χ2v) is 10.9. The Morgan fingerprint density at radius 1 is 1.28 bits per heavy atom. The van der Waals surface area contributed by atoms with Crippen molar-refractivity contribution in [3.05, 3.63) is 0 Å². The number of hydrogen-bond acceptors (Lipinski definition) is 9. The SMILES string of the molecule is CCCON1P(N)(N)=NPNP1(N)(N)OCCC. The van der Waals surface area contributed by atoms with Crippen molar-refractivity contribution in [3.8, 4) is 0 Å².